The number of carbonyl (C=O) groups excluding carboxylic acids is 1. The molecule has 0 heterocycles. The Morgan fingerprint density at radius 2 is 2.15 bits per heavy atom. The van der Waals surface area contributed by atoms with E-state index < -0.39 is 0 Å². The van der Waals surface area contributed by atoms with Crippen LogP contribution in [0.4, 0.5) is 0 Å². The van der Waals surface area contributed by atoms with Gasteiger partial charge in [-0.05, 0) is 48.8 Å². The molecule has 1 aliphatic carbocycles. The molecule has 0 bridgehead atoms. The fourth-order valence-electron chi connectivity index (χ4n) is 3.21. The van der Waals surface area contributed by atoms with Gasteiger partial charge in [0.25, 0.3) is 0 Å². The summed E-state index contributed by atoms with van der Waals surface area (Å²) in [5.41, 5.74) is 1.40. The van der Waals surface area contributed by atoms with Crippen LogP contribution in [-0.4, -0.2) is 12.9 Å². The Kier molecular flexibility index (Phi) is 4.90. The van der Waals surface area contributed by atoms with Gasteiger partial charge in [-0.3, -0.25) is 4.79 Å². The molecule has 0 radical (unpaired) electrons. The molecule has 1 aromatic carbocycles. The van der Waals surface area contributed by atoms with Crippen molar-refractivity contribution in [2.45, 2.75) is 46.0 Å². The maximum Gasteiger partial charge on any atom is 0.136 e. The second kappa shape index (κ2) is 6.30. The van der Waals surface area contributed by atoms with Gasteiger partial charge in [-0.15, -0.1) is 0 Å². The average molecular weight is 339 g/mol. The third-order valence-electron chi connectivity index (χ3n) is 4.54. The fourth-order valence-corrected chi connectivity index (χ4v) is 3.77. The summed E-state index contributed by atoms with van der Waals surface area (Å²) in [5, 5.41) is 0. The van der Waals surface area contributed by atoms with Gasteiger partial charge in [0.05, 0.1) is 7.11 Å². The van der Waals surface area contributed by atoms with Crippen molar-refractivity contribution >= 4 is 21.7 Å². The fraction of sp³-hybridized carbons (Fsp3) is 0.588. The van der Waals surface area contributed by atoms with Crippen molar-refractivity contribution in [3.8, 4) is 5.75 Å². The minimum atomic E-state index is 0.147. The van der Waals surface area contributed by atoms with Gasteiger partial charge in [0.15, 0.2) is 0 Å². The highest BCUT2D eigenvalue weighted by atomic mass is 79.9. The topological polar surface area (TPSA) is 26.3 Å². The normalized spacial score (nSPS) is 21.8. The molecule has 1 saturated carbocycles. The summed E-state index contributed by atoms with van der Waals surface area (Å²) in [6.07, 6.45) is 4.85. The van der Waals surface area contributed by atoms with Gasteiger partial charge < -0.3 is 4.74 Å². The average Bonchev–Trinajstić information content (AvgIpc) is 2.39. The Hall–Kier alpha value is -0.830. The van der Waals surface area contributed by atoms with Crippen LogP contribution >= 0.6 is 15.9 Å². The lowest BCUT2D eigenvalue weighted by molar-refractivity contribution is -0.129. The van der Waals surface area contributed by atoms with Crippen molar-refractivity contribution < 1.29 is 9.53 Å². The Morgan fingerprint density at radius 3 is 2.75 bits per heavy atom. The molecule has 1 aliphatic rings. The predicted molar refractivity (Wildman–Crippen MR) is 85.1 cm³/mol. The number of carbonyl (C=O) groups is 1. The van der Waals surface area contributed by atoms with Crippen LogP contribution in [0.1, 0.15) is 45.1 Å². The predicted octanol–water partition coefficient (Wildman–Crippen LogP) is 4.79. The molecule has 0 N–H and O–H groups in total. The first kappa shape index (κ1) is 15.6. The summed E-state index contributed by atoms with van der Waals surface area (Å²) in [7, 11) is 1.67. The van der Waals surface area contributed by atoms with Crippen molar-refractivity contribution in [1.29, 1.82) is 0 Å². The highest BCUT2D eigenvalue weighted by Crippen LogP contribution is 2.41. The van der Waals surface area contributed by atoms with Gasteiger partial charge >= 0.3 is 0 Å². The number of hydrogen-bond acceptors (Lipinski definition) is 2. The number of hydrogen-bond donors (Lipinski definition) is 0. The summed E-state index contributed by atoms with van der Waals surface area (Å²) in [4.78, 5) is 12.2. The summed E-state index contributed by atoms with van der Waals surface area (Å²) >= 11 is 3.59. The summed E-state index contributed by atoms with van der Waals surface area (Å²) < 4.78 is 6.28. The number of halogens is 1. The summed E-state index contributed by atoms with van der Waals surface area (Å²) in [6.45, 7) is 4.47. The van der Waals surface area contributed by atoms with Crippen molar-refractivity contribution in [1.82, 2.24) is 0 Å². The Bertz CT molecular complexity index is 494. The molecule has 0 amide bonds. The lowest BCUT2D eigenvalue weighted by Gasteiger charge is -2.37. The highest BCUT2D eigenvalue weighted by molar-refractivity contribution is 9.10. The second-order valence-electron chi connectivity index (χ2n) is 6.36. The van der Waals surface area contributed by atoms with Gasteiger partial charge in [-0.25, -0.2) is 0 Å². The van der Waals surface area contributed by atoms with Gasteiger partial charge in [-0.2, -0.15) is 0 Å². The Balaban J connectivity index is 2.06. The van der Waals surface area contributed by atoms with Crippen LogP contribution in [0.5, 0.6) is 5.75 Å². The van der Waals surface area contributed by atoms with Crippen molar-refractivity contribution in [3.05, 3.63) is 28.2 Å². The Labute approximate surface area is 130 Å². The Morgan fingerprint density at radius 1 is 1.40 bits per heavy atom. The van der Waals surface area contributed by atoms with E-state index in [4.69, 9.17) is 4.74 Å². The molecular weight excluding hydrogens is 316 g/mol. The third-order valence-corrected chi connectivity index (χ3v) is 5.28. The SMILES string of the molecule is COc1ccc(CCC2C(=O)CCCC2(C)C)c(Br)c1. The van der Waals surface area contributed by atoms with Crippen LogP contribution in [0.25, 0.3) is 0 Å². The lowest BCUT2D eigenvalue weighted by atomic mass is 9.66. The molecule has 2 rings (SSSR count). The molecular formula is C17H23BrO2. The van der Waals surface area contributed by atoms with E-state index in [2.05, 4.69) is 35.8 Å². The number of aryl methyl sites for hydroxylation is 1. The van der Waals surface area contributed by atoms with Gasteiger partial charge in [-0.1, -0.05) is 35.8 Å². The van der Waals surface area contributed by atoms with Crippen LogP contribution in [-0.2, 0) is 11.2 Å². The first-order valence-corrected chi connectivity index (χ1v) is 8.08. The van der Waals surface area contributed by atoms with Crippen LogP contribution in [0.15, 0.2) is 22.7 Å². The molecule has 3 heteroatoms. The van der Waals surface area contributed by atoms with Crippen molar-refractivity contribution in [3.63, 3.8) is 0 Å². The van der Waals surface area contributed by atoms with E-state index in [9.17, 15) is 4.79 Å². The summed E-state index contributed by atoms with van der Waals surface area (Å²) in [5.74, 6) is 1.51. The molecule has 0 spiro atoms. The number of methoxy groups -OCH3 is 1. The van der Waals surface area contributed by atoms with E-state index in [0.717, 1.165) is 42.3 Å². The molecule has 2 nitrogen and oxygen atoms in total. The largest absolute Gasteiger partial charge is 0.497 e. The van der Waals surface area contributed by atoms with E-state index >= 15 is 0 Å². The highest BCUT2D eigenvalue weighted by Gasteiger charge is 2.37. The zero-order chi connectivity index (χ0) is 14.8. The standard InChI is InChI=1S/C17H23BrO2/c1-17(2)10-4-5-16(19)14(17)9-7-12-6-8-13(20-3)11-15(12)18/h6,8,11,14H,4-5,7,9-10H2,1-3H3. The molecule has 0 aromatic heterocycles. The molecule has 0 saturated heterocycles. The number of benzene rings is 1. The van der Waals surface area contributed by atoms with Crippen LogP contribution in [0, 0.1) is 11.3 Å². The van der Waals surface area contributed by atoms with E-state index in [0.29, 0.717) is 5.78 Å². The number of rotatable bonds is 4. The van der Waals surface area contributed by atoms with Crippen molar-refractivity contribution in [2.24, 2.45) is 11.3 Å². The van der Waals surface area contributed by atoms with E-state index in [1.165, 1.54) is 5.56 Å². The molecule has 110 valence electrons. The van der Waals surface area contributed by atoms with Crippen molar-refractivity contribution in [2.75, 3.05) is 7.11 Å². The van der Waals surface area contributed by atoms with Gasteiger partial charge in [0.1, 0.15) is 11.5 Å². The van der Waals surface area contributed by atoms with Gasteiger partial charge in [0, 0.05) is 16.8 Å². The minimum Gasteiger partial charge on any atom is -0.497 e. The number of ketones is 1. The smallest absolute Gasteiger partial charge is 0.136 e. The number of Topliss-reactive ketones (excluding diaryl/α,β-unsaturated/α-hetero) is 1. The second-order valence-corrected chi connectivity index (χ2v) is 7.21. The first-order chi connectivity index (χ1) is 9.44. The van der Waals surface area contributed by atoms with E-state index in [-0.39, 0.29) is 11.3 Å². The molecule has 1 aromatic rings. The maximum absolute atomic E-state index is 12.2. The first-order valence-electron chi connectivity index (χ1n) is 7.29. The minimum absolute atomic E-state index is 0.147. The van der Waals surface area contributed by atoms with Gasteiger partial charge in [0.2, 0.25) is 0 Å². The van der Waals surface area contributed by atoms with E-state index in [1.54, 1.807) is 7.11 Å². The summed E-state index contributed by atoms with van der Waals surface area (Å²) in [6, 6.07) is 6.06. The molecule has 1 fully saturated rings. The molecule has 0 aliphatic heterocycles. The zero-order valence-electron chi connectivity index (χ0n) is 12.5. The van der Waals surface area contributed by atoms with E-state index in [1.807, 2.05) is 12.1 Å². The third kappa shape index (κ3) is 3.43. The maximum atomic E-state index is 12.2. The number of ether oxygens (including phenoxy) is 1. The van der Waals surface area contributed by atoms with Crippen LogP contribution in [0.3, 0.4) is 0 Å². The molecule has 1 unspecified atom stereocenters. The quantitative estimate of drug-likeness (QED) is 0.789. The van der Waals surface area contributed by atoms with Crippen LogP contribution in [0.2, 0.25) is 0 Å². The van der Waals surface area contributed by atoms with Crippen LogP contribution < -0.4 is 4.74 Å². The molecule has 20 heavy (non-hydrogen) atoms. The molecule has 1 atom stereocenters. The zero-order valence-corrected chi connectivity index (χ0v) is 14.1. The lowest BCUT2D eigenvalue weighted by Crippen LogP contribution is -2.35. The monoisotopic (exact) mass is 338 g/mol.